The monoisotopic (exact) mass is 314 g/mol. The normalized spacial score (nSPS) is 13.1. The number of carbonyl (C=O) groups excluding carboxylic acids is 4. The highest BCUT2D eigenvalue weighted by atomic mass is 16.5. The van der Waals surface area contributed by atoms with Crippen LogP contribution in [-0.2, 0) is 28.7 Å². The van der Waals surface area contributed by atoms with Crippen molar-refractivity contribution in [3.05, 3.63) is 12.2 Å². The number of hydrogen-bond acceptors (Lipinski definition) is 6. The number of rotatable bonds is 8. The van der Waals surface area contributed by atoms with Gasteiger partial charge in [0, 0.05) is 13.8 Å². The van der Waals surface area contributed by atoms with Crippen molar-refractivity contribution in [2.45, 2.75) is 38.8 Å². The molecule has 2 amide bonds. The molecule has 22 heavy (non-hydrogen) atoms. The zero-order valence-electron chi connectivity index (χ0n) is 13.2. The lowest BCUT2D eigenvalue weighted by atomic mass is 10.1. The minimum absolute atomic E-state index is 0.209. The predicted octanol–water partition coefficient (Wildman–Crippen LogP) is -0.322. The van der Waals surface area contributed by atoms with E-state index in [1.165, 1.54) is 28.1 Å². The highest BCUT2D eigenvalue weighted by Crippen LogP contribution is 2.01. The van der Waals surface area contributed by atoms with Crippen LogP contribution in [-0.4, -0.2) is 50.1 Å². The fraction of sp³-hybridized carbons (Fsp3) is 0.571. The molecule has 8 heteroatoms. The molecule has 0 aromatic carbocycles. The summed E-state index contributed by atoms with van der Waals surface area (Å²) < 4.78 is 9.16. The SMILES string of the molecule is COC(=O)[C@H](C/C=C/C[C@@H](NC(C)=O)C(=O)OC)NC(C)=O. The molecule has 0 radical (unpaired) electrons. The third-order valence-corrected chi connectivity index (χ3v) is 2.64. The van der Waals surface area contributed by atoms with E-state index < -0.39 is 24.0 Å². The van der Waals surface area contributed by atoms with Crippen molar-refractivity contribution in [1.82, 2.24) is 10.6 Å². The molecule has 0 saturated heterocycles. The molecule has 124 valence electrons. The summed E-state index contributed by atoms with van der Waals surface area (Å²) in [4.78, 5) is 45.0. The van der Waals surface area contributed by atoms with E-state index >= 15 is 0 Å². The molecule has 0 aliphatic rings. The number of methoxy groups -OCH3 is 2. The van der Waals surface area contributed by atoms with E-state index in [0.717, 1.165) is 0 Å². The lowest BCUT2D eigenvalue weighted by Crippen LogP contribution is -2.40. The summed E-state index contributed by atoms with van der Waals surface area (Å²) >= 11 is 0. The Morgan fingerprint density at radius 3 is 1.36 bits per heavy atom. The van der Waals surface area contributed by atoms with Crippen LogP contribution in [0.2, 0.25) is 0 Å². The molecule has 0 spiro atoms. The van der Waals surface area contributed by atoms with Crippen molar-refractivity contribution in [2.24, 2.45) is 0 Å². The van der Waals surface area contributed by atoms with Crippen molar-refractivity contribution >= 4 is 23.8 Å². The Kier molecular flexibility index (Phi) is 9.24. The number of carbonyl (C=O) groups is 4. The maximum atomic E-state index is 11.5. The summed E-state index contributed by atoms with van der Waals surface area (Å²) in [6.45, 7) is 2.59. The maximum Gasteiger partial charge on any atom is 0.328 e. The van der Waals surface area contributed by atoms with Gasteiger partial charge in [0.15, 0.2) is 0 Å². The smallest absolute Gasteiger partial charge is 0.328 e. The van der Waals surface area contributed by atoms with Gasteiger partial charge >= 0.3 is 11.9 Å². The van der Waals surface area contributed by atoms with Gasteiger partial charge in [-0.3, -0.25) is 9.59 Å². The van der Waals surface area contributed by atoms with Crippen LogP contribution in [0.15, 0.2) is 12.2 Å². The average Bonchev–Trinajstić information content (AvgIpc) is 2.46. The molecular weight excluding hydrogens is 292 g/mol. The van der Waals surface area contributed by atoms with Gasteiger partial charge in [0.25, 0.3) is 0 Å². The maximum absolute atomic E-state index is 11.5. The van der Waals surface area contributed by atoms with Crippen LogP contribution < -0.4 is 10.6 Å². The minimum Gasteiger partial charge on any atom is -0.467 e. The molecule has 0 heterocycles. The summed E-state index contributed by atoms with van der Waals surface area (Å²) in [5, 5.41) is 4.92. The van der Waals surface area contributed by atoms with Crippen LogP contribution in [0.3, 0.4) is 0 Å². The molecule has 8 nitrogen and oxygen atoms in total. The fourth-order valence-corrected chi connectivity index (χ4v) is 1.67. The largest absolute Gasteiger partial charge is 0.467 e. The van der Waals surface area contributed by atoms with Gasteiger partial charge in [0.05, 0.1) is 14.2 Å². The first kappa shape index (κ1) is 19.6. The third-order valence-electron chi connectivity index (χ3n) is 2.64. The van der Waals surface area contributed by atoms with Gasteiger partial charge in [-0.05, 0) is 12.8 Å². The van der Waals surface area contributed by atoms with Crippen LogP contribution in [0.5, 0.6) is 0 Å². The van der Waals surface area contributed by atoms with E-state index in [2.05, 4.69) is 20.1 Å². The van der Waals surface area contributed by atoms with Crippen LogP contribution in [0.1, 0.15) is 26.7 Å². The van der Waals surface area contributed by atoms with E-state index in [0.29, 0.717) is 0 Å². The van der Waals surface area contributed by atoms with E-state index in [1.807, 2.05) is 0 Å². The first-order valence-electron chi connectivity index (χ1n) is 6.66. The second-order valence-electron chi connectivity index (χ2n) is 4.50. The summed E-state index contributed by atoms with van der Waals surface area (Å²) in [6, 6.07) is -1.59. The standard InChI is InChI=1S/C14H22N2O6/c1-9(17)15-11(13(19)21-3)7-5-6-8-12(14(20)22-4)16-10(2)18/h5-6,11-12H,7-8H2,1-4H3,(H,15,17)(H,16,18)/b6-5+/t11-,12+. The Bertz CT molecular complexity index is 407. The lowest BCUT2D eigenvalue weighted by Gasteiger charge is -2.14. The number of amides is 2. The third kappa shape index (κ3) is 8.03. The topological polar surface area (TPSA) is 111 Å². The van der Waals surface area contributed by atoms with Gasteiger partial charge in [-0.2, -0.15) is 0 Å². The summed E-state index contributed by atoms with van der Waals surface area (Å²) in [5.74, 6) is -1.83. The molecule has 0 aliphatic heterocycles. The zero-order valence-corrected chi connectivity index (χ0v) is 13.2. The Hall–Kier alpha value is -2.38. The Morgan fingerprint density at radius 2 is 1.14 bits per heavy atom. The van der Waals surface area contributed by atoms with E-state index in [9.17, 15) is 19.2 Å². The van der Waals surface area contributed by atoms with Crippen molar-refractivity contribution < 1.29 is 28.7 Å². The first-order chi connectivity index (χ1) is 10.3. The lowest BCUT2D eigenvalue weighted by molar-refractivity contribution is -0.145. The molecule has 0 aromatic heterocycles. The second-order valence-corrected chi connectivity index (χ2v) is 4.50. The highest BCUT2D eigenvalue weighted by molar-refractivity contribution is 5.84. The quantitative estimate of drug-likeness (QED) is 0.469. The van der Waals surface area contributed by atoms with Crippen molar-refractivity contribution in [2.75, 3.05) is 14.2 Å². The van der Waals surface area contributed by atoms with Gasteiger partial charge in [0.2, 0.25) is 11.8 Å². The van der Waals surface area contributed by atoms with Gasteiger partial charge in [0.1, 0.15) is 12.1 Å². The van der Waals surface area contributed by atoms with Crippen molar-refractivity contribution in [1.29, 1.82) is 0 Å². The Morgan fingerprint density at radius 1 is 0.818 bits per heavy atom. The number of nitrogens with one attached hydrogen (secondary N) is 2. The van der Waals surface area contributed by atoms with Crippen LogP contribution in [0.25, 0.3) is 0 Å². The molecule has 0 fully saturated rings. The van der Waals surface area contributed by atoms with Gasteiger partial charge < -0.3 is 20.1 Å². The Balaban J connectivity index is 4.59. The average molecular weight is 314 g/mol. The minimum atomic E-state index is -0.795. The zero-order chi connectivity index (χ0) is 17.1. The molecule has 2 N–H and O–H groups in total. The predicted molar refractivity (Wildman–Crippen MR) is 77.6 cm³/mol. The second kappa shape index (κ2) is 10.4. The van der Waals surface area contributed by atoms with E-state index in [4.69, 9.17) is 0 Å². The molecule has 0 bridgehead atoms. The molecule has 0 aromatic rings. The van der Waals surface area contributed by atoms with Crippen LogP contribution in [0, 0.1) is 0 Å². The summed E-state index contributed by atoms with van der Waals surface area (Å²) in [5.41, 5.74) is 0. The van der Waals surface area contributed by atoms with Crippen molar-refractivity contribution in [3.63, 3.8) is 0 Å². The van der Waals surface area contributed by atoms with E-state index in [-0.39, 0.29) is 24.7 Å². The molecule has 0 unspecified atom stereocenters. The van der Waals surface area contributed by atoms with Crippen LogP contribution >= 0.6 is 0 Å². The highest BCUT2D eigenvalue weighted by Gasteiger charge is 2.20. The summed E-state index contributed by atoms with van der Waals surface area (Å²) in [7, 11) is 2.45. The fourth-order valence-electron chi connectivity index (χ4n) is 1.67. The molecule has 0 aliphatic carbocycles. The number of esters is 2. The van der Waals surface area contributed by atoms with Gasteiger partial charge in [-0.1, -0.05) is 12.2 Å². The Labute approximate surface area is 129 Å². The molecular formula is C14H22N2O6. The first-order valence-corrected chi connectivity index (χ1v) is 6.66. The molecule has 0 saturated carbocycles. The van der Waals surface area contributed by atoms with Gasteiger partial charge in [-0.25, -0.2) is 9.59 Å². The molecule has 0 rings (SSSR count). The van der Waals surface area contributed by atoms with Gasteiger partial charge in [-0.15, -0.1) is 0 Å². The number of hydrogen-bond donors (Lipinski definition) is 2. The van der Waals surface area contributed by atoms with E-state index in [1.54, 1.807) is 12.2 Å². The van der Waals surface area contributed by atoms with Crippen LogP contribution in [0.4, 0.5) is 0 Å². The number of ether oxygens (including phenoxy) is 2. The van der Waals surface area contributed by atoms with Crippen molar-refractivity contribution in [3.8, 4) is 0 Å². The summed E-state index contributed by atoms with van der Waals surface area (Å²) in [6.07, 6.45) is 3.66. The molecule has 2 atom stereocenters.